The Morgan fingerprint density at radius 3 is 2.37 bits per heavy atom. The van der Waals surface area contributed by atoms with Crippen molar-refractivity contribution in [2.24, 2.45) is 5.92 Å². The maximum absolute atomic E-state index is 11.9. The third-order valence-electron chi connectivity index (χ3n) is 2.91. The van der Waals surface area contributed by atoms with Gasteiger partial charge in [0, 0.05) is 10.4 Å². The highest BCUT2D eigenvalue weighted by Gasteiger charge is 2.24. The number of nitrogens with one attached hydrogen (secondary N) is 1. The van der Waals surface area contributed by atoms with E-state index >= 15 is 0 Å². The van der Waals surface area contributed by atoms with Crippen LogP contribution in [0.4, 0.5) is 0 Å². The van der Waals surface area contributed by atoms with E-state index in [1.165, 1.54) is 0 Å². The zero-order valence-electron chi connectivity index (χ0n) is 11.0. The highest BCUT2D eigenvalue weighted by molar-refractivity contribution is 9.10. The fraction of sp³-hybridized carbons (Fsp3) is 0.429. The topological polar surface area (TPSA) is 66.4 Å². The molecule has 0 bridgehead atoms. The molecule has 1 aromatic rings. The van der Waals surface area contributed by atoms with Crippen molar-refractivity contribution in [1.29, 1.82) is 0 Å². The van der Waals surface area contributed by atoms with E-state index in [1.54, 1.807) is 31.2 Å². The SMILES string of the molecule is CCCC(C)C(=O)NC(C(=O)O)c1ccc(Br)cc1. The van der Waals surface area contributed by atoms with Crippen molar-refractivity contribution < 1.29 is 14.7 Å². The van der Waals surface area contributed by atoms with Crippen LogP contribution in [0, 0.1) is 5.92 Å². The number of benzene rings is 1. The summed E-state index contributed by atoms with van der Waals surface area (Å²) in [7, 11) is 0. The van der Waals surface area contributed by atoms with Crippen LogP contribution < -0.4 is 5.32 Å². The molecule has 0 radical (unpaired) electrons. The van der Waals surface area contributed by atoms with Gasteiger partial charge < -0.3 is 10.4 Å². The lowest BCUT2D eigenvalue weighted by molar-refractivity contribution is -0.142. The minimum Gasteiger partial charge on any atom is -0.479 e. The Labute approximate surface area is 121 Å². The predicted octanol–water partition coefficient (Wildman–Crippen LogP) is 3.13. The molecule has 104 valence electrons. The minimum atomic E-state index is -1.06. The Hall–Kier alpha value is -1.36. The van der Waals surface area contributed by atoms with Crippen LogP contribution in [0.2, 0.25) is 0 Å². The number of amides is 1. The first-order valence-electron chi connectivity index (χ1n) is 6.24. The Bertz CT molecular complexity index is 445. The van der Waals surface area contributed by atoms with E-state index in [-0.39, 0.29) is 11.8 Å². The average Bonchev–Trinajstić information content (AvgIpc) is 2.37. The van der Waals surface area contributed by atoms with Gasteiger partial charge in [0.2, 0.25) is 5.91 Å². The molecule has 19 heavy (non-hydrogen) atoms. The molecule has 0 fully saturated rings. The zero-order valence-corrected chi connectivity index (χ0v) is 12.6. The Balaban J connectivity index is 2.82. The molecule has 0 aromatic heterocycles. The number of carbonyl (C=O) groups excluding carboxylic acids is 1. The number of hydrogen-bond donors (Lipinski definition) is 2. The largest absolute Gasteiger partial charge is 0.479 e. The van der Waals surface area contributed by atoms with Gasteiger partial charge in [-0.15, -0.1) is 0 Å². The van der Waals surface area contributed by atoms with Gasteiger partial charge in [-0.2, -0.15) is 0 Å². The molecule has 1 amide bonds. The molecule has 2 atom stereocenters. The first-order chi connectivity index (χ1) is 8.95. The molecule has 5 heteroatoms. The van der Waals surface area contributed by atoms with Gasteiger partial charge in [0.15, 0.2) is 6.04 Å². The van der Waals surface area contributed by atoms with Crippen molar-refractivity contribution in [3.63, 3.8) is 0 Å². The fourth-order valence-corrected chi connectivity index (χ4v) is 2.06. The van der Waals surface area contributed by atoms with Crippen molar-refractivity contribution in [3.05, 3.63) is 34.3 Å². The van der Waals surface area contributed by atoms with E-state index in [0.29, 0.717) is 5.56 Å². The molecule has 0 saturated heterocycles. The van der Waals surface area contributed by atoms with E-state index in [4.69, 9.17) is 0 Å². The van der Waals surface area contributed by atoms with Crippen LogP contribution in [-0.2, 0) is 9.59 Å². The van der Waals surface area contributed by atoms with Crippen LogP contribution in [0.3, 0.4) is 0 Å². The number of halogens is 1. The monoisotopic (exact) mass is 327 g/mol. The van der Waals surface area contributed by atoms with Crippen molar-refractivity contribution >= 4 is 27.8 Å². The van der Waals surface area contributed by atoms with Gasteiger partial charge >= 0.3 is 5.97 Å². The lowest BCUT2D eigenvalue weighted by Gasteiger charge is -2.18. The first-order valence-corrected chi connectivity index (χ1v) is 7.03. The second-order valence-corrected chi connectivity index (χ2v) is 5.44. The van der Waals surface area contributed by atoms with Gasteiger partial charge in [0.05, 0.1) is 0 Å². The molecule has 0 aliphatic rings. The van der Waals surface area contributed by atoms with E-state index in [0.717, 1.165) is 17.3 Å². The van der Waals surface area contributed by atoms with Gasteiger partial charge in [-0.25, -0.2) is 4.79 Å². The summed E-state index contributed by atoms with van der Waals surface area (Å²) >= 11 is 3.29. The maximum Gasteiger partial charge on any atom is 0.330 e. The maximum atomic E-state index is 11.9. The number of aliphatic carboxylic acids is 1. The highest BCUT2D eigenvalue weighted by Crippen LogP contribution is 2.18. The summed E-state index contributed by atoms with van der Waals surface area (Å²) in [6, 6.07) is 5.89. The summed E-state index contributed by atoms with van der Waals surface area (Å²) in [5, 5.41) is 11.8. The lowest BCUT2D eigenvalue weighted by atomic mass is 10.0. The normalized spacial score (nSPS) is 13.6. The molecule has 1 aromatic carbocycles. The fourth-order valence-electron chi connectivity index (χ4n) is 1.79. The van der Waals surface area contributed by atoms with Crippen molar-refractivity contribution in [3.8, 4) is 0 Å². The molecular weight excluding hydrogens is 310 g/mol. The van der Waals surface area contributed by atoms with Gasteiger partial charge in [0.1, 0.15) is 0 Å². The lowest BCUT2D eigenvalue weighted by Crippen LogP contribution is -2.36. The Morgan fingerprint density at radius 1 is 1.32 bits per heavy atom. The number of carboxylic acids is 1. The van der Waals surface area contributed by atoms with Crippen LogP contribution in [0.25, 0.3) is 0 Å². The smallest absolute Gasteiger partial charge is 0.330 e. The molecule has 0 saturated carbocycles. The Kier molecular flexibility index (Phi) is 6.02. The zero-order chi connectivity index (χ0) is 14.4. The van der Waals surface area contributed by atoms with Crippen LogP contribution in [0.5, 0.6) is 0 Å². The summed E-state index contributed by atoms with van der Waals surface area (Å²) < 4.78 is 0.867. The number of rotatable bonds is 6. The minimum absolute atomic E-state index is 0.178. The predicted molar refractivity (Wildman–Crippen MR) is 76.7 cm³/mol. The second-order valence-electron chi connectivity index (χ2n) is 4.52. The third kappa shape index (κ3) is 4.67. The summed E-state index contributed by atoms with van der Waals surface area (Å²) in [6.07, 6.45) is 1.64. The summed E-state index contributed by atoms with van der Waals surface area (Å²) in [6.45, 7) is 3.80. The molecule has 0 aliphatic heterocycles. The number of carbonyl (C=O) groups is 2. The van der Waals surface area contributed by atoms with Crippen molar-refractivity contribution in [1.82, 2.24) is 5.32 Å². The molecule has 0 heterocycles. The summed E-state index contributed by atoms with van der Waals surface area (Å²) in [5.41, 5.74) is 0.563. The van der Waals surface area contributed by atoms with Crippen LogP contribution in [0.15, 0.2) is 28.7 Å². The summed E-state index contributed by atoms with van der Waals surface area (Å²) in [4.78, 5) is 23.2. The second kappa shape index (κ2) is 7.28. The molecule has 0 aliphatic carbocycles. The molecule has 2 unspecified atom stereocenters. The molecular formula is C14H18BrNO3. The van der Waals surface area contributed by atoms with E-state index in [1.807, 2.05) is 6.92 Å². The third-order valence-corrected chi connectivity index (χ3v) is 3.43. The highest BCUT2D eigenvalue weighted by atomic mass is 79.9. The van der Waals surface area contributed by atoms with E-state index in [2.05, 4.69) is 21.2 Å². The Morgan fingerprint density at radius 2 is 1.89 bits per heavy atom. The van der Waals surface area contributed by atoms with Gasteiger partial charge in [-0.05, 0) is 24.1 Å². The number of carboxylic acid groups (broad SMARTS) is 1. The average molecular weight is 328 g/mol. The molecule has 0 spiro atoms. The molecule has 2 N–H and O–H groups in total. The summed E-state index contributed by atoms with van der Waals surface area (Å²) in [5.74, 6) is -1.46. The van der Waals surface area contributed by atoms with Crippen LogP contribution in [0.1, 0.15) is 38.3 Å². The van der Waals surface area contributed by atoms with Crippen molar-refractivity contribution in [2.75, 3.05) is 0 Å². The first kappa shape index (κ1) is 15.7. The standard InChI is InChI=1S/C14H18BrNO3/c1-3-4-9(2)13(17)16-12(14(18)19)10-5-7-11(15)8-6-10/h5-9,12H,3-4H2,1-2H3,(H,16,17)(H,18,19). The van der Waals surface area contributed by atoms with Gasteiger partial charge in [-0.1, -0.05) is 48.3 Å². The number of hydrogen-bond acceptors (Lipinski definition) is 2. The quantitative estimate of drug-likeness (QED) is 0.843. The van der Waals surface area contributed by atoms with E-state index < -0.39 is 12.0 Å². The van der Waals surface area contributed by atoms with Gasteiger partial charge in [-0.3, -0.25) is 4.79 Å². The molecule has 4 nitrogen and oxygen atoms in total. The van der Waals surface area contributed by atoms with Crippen molar-refractivity contribution in [2.45, 2.75) is 32.7 Å². The van der Waals surface area contributed by atoms with Gasteiger partial charge in [0.25, 0.3) is 0 Å². The van der Waals surface area contributed by atoms with E-state index in [9.17, 15) is 14.7 Å². The molecule has 1 rings (SSSR count). The van der Waals surface area contributed by atoms with Crippen LogP contribution >= 0.6 is 15.9 Å². The van der Waals surface area contributed by atoms with Crippen LogP contribution in [-0.4, -0.2) is 17.0 Å².